The van der Waals surface area contributed by atoms with E-state index in [0.717, 1.165) is 72.4 Å². The minimum Gasteiger partial charge on any atom is -0.309 e. The van der Waals surface area contributed by atoms with Crippen LogP contribution < -0.4 is 0 Å². The molecule has 0 aliphatic rings. The highest BCUT2D eigenvalue weighted by Crippen LogP contribution is 2.43. The Morgan fingerprint density at radius 1 is 0.367 bits per heavy atom. The molecule has 11 rings (SSSR count). The fraction of sp³-hybridized carbons (Fsp3) is 0.0769. The zero-order chi connectivity index (χ0) is 40.5. The van der Waals surface area contributed by atoms with Gasteiger partial charge in [0.1, 0.15) is 12.7 Å². The Labute approximate surface area is 346 Å². The Bertz CT molecular complexity index is 3430. The van der Waals surface area contributed by atoms with E-state index in [4.69, 9.17) is 9.97 Å². The SMILES string of the molecule is Cc1cc(-n2c3ccccc3c3c2ccc2c4ccccc4n(-c4cc(C)c(-c5ncnc(-c6ccccc6)n5)c(C)c4)c23)cc(C)c1-c1ncnc(-c2ccccc2)n1. The summed E-state index contributed by atoms with van der Waals surface area (Å²) in [6.45, 7) is 8.60. The van der Waals surface area contributed by atoms with Crippen LogP contribution in [0.1, 0.15) is 22.3 Å². The number of rotatable bonds is 6. The number of hydrogen-bond donors (Lipinski definition) is 0. The van der Waals surface area contributed by atoms with E-state index in [1.54, 1.807) is 12.7 Å². The molecule has 0 unspecified atom stereocenters. The van der Waals surface area contributed by atoms with Gasteiger partial charge in [0.25, 0.3) is 0 Å². The molecule has 286 valence electrons. The molecular formula is C52H38N8. The second-order valence-corrected chi connectivity index (χ2v) is 15.5. The van der Waals surface area contributed by atoms with E-state index in [9.17, 15) is 0 Å². The highest BCUT2D eigenvalue weighted by atomic mass is 15.0. The fourth-order valence-corrected chi connectivity index (χ4v) is 9.19. The molecule has 8 nitrogen and oxygen atoms in total. The molecule has 0 spiro atoms. The van der Waals surface area contributed by atoms with Gasteiger partial charge in [0.2, 0.25) is 0 Å². The van der Waals surface area contributed by atoms with Crippen molar-refractivity contribution in [2.45, 2.75) is 27.7 Å². The number of aryl methyl sites for hydroxylation is 4. The van der Waals surface area contributed by atoms with Gasteiger partial charge in [-0.25, -0.2) is 29.9 Å². The summed E-state index contributed by atoms with van der Waals surface area (Å²) >= 11 is 0. The van der Waals surface area contributed by atoms with Crippen molar-refractivity contribution in [3.63, 3.8) is 0 Å². The summed E-state index contributed by atoms with van der Waals surface area (Å²) < 4.78 is 4.85. The van der Waals surface area contributed by atoms with Gasteiger partial charge in [-0.3, -0.25) is 0 Å². The van der Waals surface area contributed by atoms with Gasteiger partial charge in [0.05, 0.1) is 22.1 Å². The fourth-order valence-electron chi connectivity index (χ4n) is 9.19. The topological polar surface area (TPSA) is 87.2 Å². The zero-order valence-corrected chi connectivity index (χ0v) is 33.6. The number of fused-ring (bicyclic) bond motifs is 7. The molecule has 0 saturated heterocycles. The van der Waals surface area contributed by atoms with Gasteiger partial charge in [-0.05, 0) is 92.4 Å². The van der Waals surface area contributed by atoms with Crippen LogP contribution in [0.5, 0.6) is 0 Å². The first-order valence-corrected chi connectivity index (χ1v) is 20.1. The van der Waals surface area contributed by atoms with E-state index in [2.05, 4.69) is 142 Å². The first kappa shape index (κ1) is 35.3. The number of benzene rings is 7. The van der Waals surface area contributed by atoms with Crippen molar-refractivity contribution >= 4 is 43.6 Å². The van der Waals surface area contributed by atoms with Crippen LogP contribution >= 0.6 is 0 Å². The number of para-hydroxylation sites is 2. The lowest BCUT2D eigenvalue weighted by atomic mass is 10.0. The molecule has 0 aliphatic carbocycles. The first-order valence-electron chi connectivity index (χ1n) is 20.1. The van der Waals surface area contributed by atoms with Gasteiger partial charge in [-0.2, -0.15) is 0 Å². The zero-order valence-electron chi connectivity index (χ0n) is 33.6. The predicted molar refractivity (Wildman–Crippen MR) is 243 cm³/mol. The van der Waals surface area contributed by atoms with Gasteiger partial charge >= 0.3 is 0 Å². The van der Waals surface area contributed by atoms with Crippen LogP contribution in [0.4, 0.5) is 0 Å². The van der Waals surface area contributed by atoms with Gasteiger partial charge in [-0.15, -0.1) is 0 Å². The lowest BCUT2D eigenvalue weighted by Crippen LogP contribution is -2.02. The smallest absolute Gasteiger partial charge is 0.163 e. The van der Waals surface area contributed by atoms with Crippen molar-refractivity contribution in [2.24, 2.45) is 0 Å². The number of aromatic nitrogens is 8. The molecule has 8 heteroatoms. The van der Waals surface area contributed by atoms with E-state index in [0.29, 0.717) is 23.3 Å². The number of nitrogens with zero attached hydrogens (tertiary/aromatic N) is 8. The highest BCUT2D eigenvalue weighted by Gasteiger charge is 2.23. The molecule has 0 atom stereocenters. The molecule has 0 N–H and O–H groups in total. The Hall–Kier alpha value is -7.84. The van der Waals surface area contributed by atoms with Crippen LogP contribution in [-0.2, 0) is 0 Å². The predicted octanol–water partition coefficient (Wildman–Crippen LogP) is 12.2. The molecule has 60 heavy (non-hydrogen) atoms. The van der Waals surface area contributed by atoms with E-state index in [-0.39, 0.29) is 0 Å². The van der Waals surface area contributed by atoms with Crippen LogP contribution in [0.2, 0.25) is 0 Å². The Kier molecular flexibility index (Phi) is 8.20. The third kappa shape index (κ3) is 5.60. The van der Waals surface area contributed by atoms with Crippen LogP contribution in [0.15, 0.2) is 158 Å². The normalized spacial score (nSPS) is 11.7. The van der Waals surface area contributed by atoms with Crippen LogP contribution in [0.3, 0.4) is 0 Å². The summed E-state index contributed by atoms with van der Waals surface area (Å²) in [5.41, 5.74) is 15.1. The Morgan fingerprint density at radius 2 is 0.800 bits per heavy atom. The van der Waals surface area contributed by atoms with Crippen molar-refractivity contribution in [2.75, 3.05) is 0 Å². The summed E-state index contributed by atoms with van der Waals surface area (Å²) in [6.07, 6.45) is 3.22. The van der Waals surface area contributed by atoms with E-state index in [1.807, 2.05) is 60.7 Å². The van der Waals surface area contributed by atoms with Crippen molar-refractivity contribution in [3.8, 4) is 56.9 Å². The molecular weight excluding hydrogens is 737 g/mol. The third-order valence-electron chi connectivity index (χ3n) is 11.7. The first-order chi connectivity index (χ1) is 29.4. The lowest BCUT2D eigenvalue weighted by molar-refractivity contribution is 1.05. The summed E-state index contributed by atoms with van der Waals surface area (Å²) in [6, 6.07) is 51.2. The summed E-state index contributed by atoms with van der Waals surface area (Å²) in [7, 11) is 0. The average molecular weight is 775 g/mol. The van der Waals surface area contributed by atoms with Crippen LogP contribution in [0.25, 0.3) is 101 Å². The maximum Gasteiger partial charge on any atom is 0.163 e. The maximum absolute atomic E-state index is 4.94. The van der Waals surface area contributed by atoms with Crippen molar-refractivity contribution < 1.29 is 0 Å². The standard InChI is InChI=1S/C52H38N8/c1-31-25-37(26-32(2)45(31)51-55-29-53-49(57-51)35-15-7-5-8-16-35)59-43-22-14-12-20-41(43)47-44(59)24-23-40-39-19-11-13-21-42(39)60(48(40)47)38-27-33(3)46(34(4)28-38)52-56-30-54-50(58-52)36-17-9-6-10-18-36/h5-30H,1-4H3. The molecule has 0 aliphatic heterocycles. The molecule has 4 heterocycles. The molecule has 11 aromatic rings. The maximum atomic E-state index is 4.94. The second-order valence-electron chi connectivity index (χ2n) is 15.5. The largest absolute Gasteiger partial charge is 0.309 e. The molecule has 0 amide bonds. The van der Waals surface area contributed by atoms with Crippen LogP contribution in [-0.4, -0.2) is 39.0 Å². The van der Waals surface area contributed by atoms with Gasteiger partial charge in [0.15, 0.2) is 23.3 Å². The van der Waals surface area contributed by atoms with Crippen molar-refractivity contribution in [1.82, 2.24) is 39.0 Å². The Morgan fingerprint density at radius 3 is 1.33 bits per heavy atom. The van der Waals surface area contributed by atoms with Gasteiger partial charge in [-0.1, -0.05) is 103 Å². The quantitative estimate of drug-likeness (QED) is 0.167. The summed E-state index contributed by atoms with van der Waals surface area (Å²) in [5.74, 6) is 2.66. The number of hydrogen-bond acceptors (Lipinski definition) is 6. The van der Waals surface area contributed by atoms with Crippen molar-refractivity contribution in [1.29, 1.82) is 0 Å². The molecule has 0 saturated carbocycles. The van der Waals surface area contributed by atoms with Crippen LogP contribution in [0, 0.1) is 27.7 Å². The average Bonchev–Trinajstić information content (AvgIpc) is 3.80. The molecule has 4 aromatic heterocycles. The van der Waals surface area contributed by atoms with Gasteiger partial charge in [0, 0.05) is 55.2 Å². The minimum absolute atomic E-state index is 0.660. The second kappa shape index (κ2) is 13.9. The lowest BCUT2D eigenvalue weighted by Gasteiger charge is -2.16. The van der Waals surface area contributed by atoms with E-state index in [1.165, 1.54) is 27.1 Å². The van der Waals surface area contributed by atoms with Crippen molar-refractivity contribution in [3.05, 3.63) is 181 Å². The summed E-state index contributed by atoms with van der Waals surface area (Å²) in [5, 5.41) is 4.80. The van der Waals surface area contributed by atoms with E-state index < -0.39 is 0 Å². The Balaban J connectivity index is 1.11. The molecule has 0 fully saturated rings. The summed E-state index contributed by atoms with van der Waals surface area (Å²) in [4.78, 5) is 28.2. The highest BCUT2D eigenvalue weighted by molar-refractivity contribution is 6.26. The minimum atomic E-state index is 0.660. The molecule has 7 aromatic carbocycles. The third-order valence-corrected chi connectivity index (χ3v) is 11.7. The monoisotopic (exact) mass is 774 g/mol. The van der Waals surface area contributed by atoms with E-state index >= 15 is 0 Å². The molecule has 0 radical (unpaired) electrons. The van der Waals surface area contributed by atoms with Gasteiger partial charge < -0.3 is 9.13 Å². The molecule has 0 bridgehead atoms.